The van der Waals surface area contributed by atoms with E-state index in [0.29, 0.717) is 17.1 Å². The molecule has 1 aliphatic rings. The van der Waals surface area contributed by atoms with Gasteiger partial charge in [0.05, 0.1) is 24.4 Å². The van der Waals surface area contributed by atoms with Crippen molar-refractivity contribution in [2.24, 2.45) is 0 Å². The molecule has 1 aromatic heterocycles. The summed E-state index contributed by atoms with van der Waals surface area (Å²) in [6.45, 7) is 5.20. The van der Waals surface area contributed by atoms with E-state index in [1.54, 1.807) is 6.26 Å². The van der Waals surface area contributed by atoms with Gasteiger partial charge in [0.15, 0.2) is 5.43 Å². The molecule has 0 N–H and O–H groups in total. The number of ether oxygens (including phenoxy) is 1. The first-order valence-electron chi connectivity index (χ1n) is 6.97. The van der Waals surface area contributed by atoms with Crippen molar-refractivity contribution in [2.45, 2.75) is 39.2 Å². The number of epoxide rings is 1. The van der Waals surface area contributed by atoms with Crippen LogP contribution in [-0.4, -0.2) is 12.7 Å². The van der Waals surface area contributed by atoms with Crippen LogP contribution in [-0.2, 0) is 11.2 Å². The van der Waals surface area contributed by atoms with Gasteiger partial charge < -0.3 is 9.15 Å². The maximum Gasteiger partial charge on any atom is 0.195 e. The van der Waals surface area contributed by atoms with Crippen LogP contribution in [0.25, 0.3) is 11.0 Å². The SMILES string of the molecule is CCC1CO1.CCCc1coc2ccc(I)cc2c1=O. The lowest BCUT2D eigenvalue weighted by Crippen LogP contribution is -2.08. The molecule has 0 aliphatic carbocycles. The van der Waals surface area contributed by atoms with Gasteiger partial charge in [-0.15, -0.1) is 0 Å². The van der Waals surface area contributed by atoms with Crippen molar-refractivity contribution in [1.29, 1.82) is 0 Å². The van der Waals surface area contributed by atoms with E-state index >= 15 is 0 Å². The van der Waals surface area contributed by atoms with Crippen molar-refractivity contribution in [2.75, 3.05) is 6.61 Å². The van der Waals surface area contributed by atoms with E-state index in [9.17, 15) is 4.79 Å². The van der Waals surface area contributed by atoms with E-state index in [-0.39, 0.29) is 5.43 Å². The van der Waals surface area contributed by atoms with E-state index < -0.39 is 0 Å². The summed E-state index contributed by atoms with van der Waals surface area (Å²) in [5.41, 5.74) is 1.55. The first kappa shape index (κ1) is 15.5. The fourth-order valence-electron chi connectivity index (χ4n) is 1.89. The zero-order valence-electron chi connectivity index (χ0n) is 11.8. The Balaban J connectivity index is 0.000000247. The number of benzene rings is 1. The van der Waals surface area contributed by atoms with Crippen LogP contribution in [0.2, 0.25) is 0 Å². The molecule has 1 saturated heterocycles. The van der Waals surface area contributed by atoms with Gasteiger partial charge >= 0.3 is 0 Å². The molecule has 1 atom stereocenters. The summed E-state index contributed by atoms with van der Waals surface area (Å²) in [7, 11) is 0. The van der Waals surface area contributed by atoms with Crippen LogP contribution in [0, 0.1) is 3.57 Å². The Labute approximate surface area is 132 Å². The highest BCUT2D eigenvalue weighted by atomic mass is 127. The van der Waals surface area contributed by atoms with Crippen molar-refractivity contribution < 1.29 is 9.15 Å². The Hall–Kier alpha value is -0.880. The minimum Gasteiger partial charge on any atom is -0.464 e. The second kappa shape index (κ2) is 7.22. The van der Waals surface area contributed by atoms with Crippen molar-refractivity contribution in [1.82, 2.24) is 0 Å². The van der Waals surface area contributed by atoms with Gasteiger partial charge in [-0.2, -0.15) is 0 Å². The Morgan fingerprint density at radius 3 is 2.65 bits per heavy atom. The number of rotatable bonds is 3. The lowest BCUT2D eigenvalue weighted by atomic mass is 10.1. The molecule has 0 saturated carbocycles. The Bertz CT molecular complexity index is 629. The van der Waals surface area contributed by atoms with Gasteiger partial charge in [0.25, 0.3) is 0 Å². The average molecular weight is 386 g/mol. The molecule has 1 aliphatic heterocycles. The topological polar surface area (TPSA) is 42.7 Å². The molecule has 0 amide bonds. The average Bonchev–Trinajstić information content (AvgIpc) is 3.27. The van der Waals surface area contributed by atoms with Gasteiger partial charge in [0.1, 0.15) is 5.58 Å². The van der Waals surface area contributed by atoms with E-state index in [0.717, 1.165) is 28.6 Å². The molecule has 0 radical (unpaired) electrons. The Morgan fingerprint density at radius 1 is 1.35 bits per heavy atom. The zero-order valence-corrected chi connectivity index (χ0v) is 14.0. The molecule has 2 heterocycles. The van der Waals surface area contributed by atoms with Crippen molar-refractivity contribution in [3.8, 4) is 0 Å². The number of halogens is 1. The summed E-state index contributed by atoms with van der Waals surface area (Å²) in [4.78, 5) is 12.0. The van der Waals surface area contributed by atoms with Crippen molar-refractivity contribution >= 4 is 33.6 Å². The van der Waals surface area contributed by atoms with Crippen LogP contribution >= 0.6 is 22.6 Å². The minimum atomic E-state index is 0.108. The molecular weight excluding hydrogens is 367 g/mol. The Morgan fingerprint density at radius 2 is 2.10 bits per heavy atom. The molecule has 3 nitrogen and oxygen atoms in total. The normalized spacial score (nSPS) is 16.6. The van der Waals surface area contributed by atoms with Gasteiger partial charge in [-0.25, -0.2) is 0 Å². The number of fused-ring (bicyclic) bond motifs is 1. The second-order valence-corrected chi connectivity index (χ2v) is 6.09. The lowest BCUT2D eigenvalue weighted by Gasteiger charge is -2.00. The number of hydrogen-bond donors (Lipinski definition) is 0. The summed E-state index contributed by atoms with van der Waals surface area (Å²) in [6.07, 6.45) is 5.15. The molecule has 0 spiro atoms. The van der Waals surface area contributed by atoms with Crippen LogP contribution in [0.15, 0.2) is 33.7 Å². The van der Waals surface area contributed by atoms with Gasteiger partial charge in [-0.1, -0.05) is 20.3 Å². The monoisotopic (exact) mass is 386 g/mol. The summed E-state index contributed by atoms with van der Waals surface area (Å²) in [5, 5.41) is 0.688. The van der Waals surface area contributed by atoms with Crippen LogP contribution in [0.3, 0.4) is 0 Å². The highest BCUT2D eigenvalue weighted by molar-refractivity contribution is 14.1. The first-order chi connectivity index (χ1) is 9.65. The standard InChI is InChI=1S/C12H11IO2.C4H8O/c1-2-3-8-7-15-11-5-4-9(13)6-10(11)12(8)14;1-2-4-3-5-4/h4-7H,2-3H2,1H3;4H,2-3H2,1H3. The summed E-state index contributed by atoms with van der Waals surface area (Å²) in [5.74, 6) is 0. The zero-order chi connectivity index (χ0) is 14.5. The number of hydrogen-bond acceptors (Lipinski definition) is 3. The van der Waals surface area contributed by atoms with Gasteiger partial charge in [-0.05, 0) is 53.6 Å². The van der Waals surface area contributed by atoms with Gasteiger partial charge in [0.2, 0.25) is 0 Å². The first-order valence-corrected chi connectivity index (χ1v) is 8.05. The highest BCUT2D eigenvalue weighted by Crippen LogP contribution is 2.15. The third-order valence-corrected chi connectivity index (χ3v) is 3.85. The molecule has 1 fully saturated rings. The third kappa shape index (κ3) is 4.06. The smallest absolute Gasteiger partial charge is 0.195 e. The van der Waals surface area contributed by atoms with Gasteiger partial charge in [-0.3, -0.25) is 4.79 Å². The Kier molecular flexibility index (Phi) is 5.60. The van der Waals surface area contributed by atoms with E-state index in [1.165, 1.54) is 6.42 Å². The molecule has 20 heavy (non-hydrogen) atoms. The second-order valence-electron chi connectivity index (χ2n) is 4.84. The molecule has 3 rings (SSSR count). The van der Waals surface area contributed by atoms with Crippen molar-refractivity contribution in [3.05, 3.63) is 43.8 Å². The van der Waals surface area contributed by atoms with Crippen LogP contribution in [0.5, 0.6) is 0 Å². The van der Waals surface area contributed by atoms with Crippen LogP contribution in [0.1, 0.15) is 32.3 Å². The third-order valence-electron chi connectivity index (χ3n) is 3.18. The molecule has 0 bridgehead atoms. The van der Waals surface area contributed by atoms with E-state index in [1.807, 2.05) is 18.2 Å². The quantitative estimate of drug-likeness (QED) is 0.588. The molecule has 4 heteroatoms. The highest BCUT2D eigenvalue weighted by Gasteiger charge is 2.18. The molecule has 108 valence electrons. The number of aryl methyl sites for hydroxylation is 1. The minimum absolute atomic E-state index is 0.108. The van der Waals surface area contributed by atoms with Crippen molar-refractivity contribution in [3.63, 3.8) is 0 Å². The summed E-state index contributed by atoms with van der Waals surface area (Å²) >= 11 is 2.20. The van der Waals surface area contributed by atoms with Crippen LogP contribution in [0.4, 0.5) is 0 Å². The van der Waals surface area contributed by atoms with E-state index in [2.05, 4.69) is 36.4 Å². The summed E-state index contributed by atoms with van der Waals surface area (Å²) in [6, 6.07) is 5.65. The lowest BCUT2D eigenvalue weighted by molar-refractivity contribution is 0.403. The van der Waals surface area contributed by atoms with Gasteiger partial charge in [0, 0.05) is 9.13 Å². The summed E-state index contributed by atoms with van der Waals surface area (Å²) < 4.78 is 11.3. The van der Waals surface area contributed by atoms with E-state index in [4.69, 9.17) is 9.15 Å². The molecule has 1 aromatic carbocycles. The van der Waals surface area contributed by atoms with Crippen LogP contribution < -0.4 is 5.43 Å². The molecular formula is C16H19IO3. The fourth-order valence-corrected chi connectivity index (χ4v) is 2.38. The predicted octanol–water partition coefficient (Wildman–Crippen LogP) is 4.15. The largest absolute Gasteiger partial charge is 0.464 e. The fraction of sp³-hybridized carbons (Fsp3) is 0.438. The maximum atomic E-state index is 12.0. The predicted molar refractivity (Wildman–Crippen MR) is 89.2 cm³/mol. The molecule has 2 aromatic rings. The molecule has 1 unspecified atom stereocenters. The maximum absolute atomic E-state index is 12.0.